The number of aromatic nitrogens is 1. The predicted molar refractivity (Wildman–Crippen MR) is 171 cm³/mol. The van der Waals surface area contributed by atoms with Crippen LogP contribution in [0.15, 0.2) is 125 Å². The molecule has 0 bridgehead atoms. The number of benzene rings is 3. The van der Waals surface area contributed by atoms with Crippen LogP contribution in [0.3, 0.4) is 0 Å². The minimum Gasteiger partial charge on any atom is -0.464 e. The van der Waals surface area contributed by atoms with Crippen LogP contribution in [0.2, 0.25) is 0 Å². The summed E-state index contributed by atoms with van der Waals surface area (Å²) in [6.07, 6.45) is 10.6. The smallest absolute Gasteiger partial charge is 0.251 e. The van der Waals surface area contributed by atoms with E-state index in [-0.39, 0.29) is 29.9 Å². The quantitative estimate of drug-likeness (QED) is 0.178. The molecular formula is C36H35N3O4S. The molecule has 1 amide bonds. The van der Waals surface area contributed by atoms with Gasteiger partial charge in [-0.15, -0.1) is 0 Å². The van der Waals surface area contributed by atoms with Crippen LogP contribution in [-0.4, -0.2) is 29.7 Å². The summed E-state index contributed by atoms with van der Waals surface area (Å²) in [5, 5.41) is 3.17. The van der Waals surface area contributed by atoms with E-state index >= 15 is 0 Å². The van der Waals surface area contributed by atoms with Crippen molar-refractivity contribution in [1.29, 1.82) is 0 Å². The highest BCUT2D eigenvalue weighted by Gasteiger charge is 2.25. The largest absolute Gasteiger partial charge is 0.464 e. The molecule has 0 radical (unpaired) electrons. The van der Waals surface area contributed by atoms with Gasteiger partial charge in [-0.2, -0.15) is 4.31 Å². The Bertz CT molecular complexity index is 1760. The van der Waals surface area contributed by atoms with Gasteiger partial charge < -0.3 is 9.73 Å². The molecule has 6 rings (SSSR count). The molecule has 224 valence electrons. The van der Waals surface area contributed by atoms with E-state index in [1.165, 1.54) is 23.6 Å². The lowest BCUT2D eigenvalue weighted by molar-refractivity contribution is 0.0927. The molecule has 5 aromatic rings. The number of hydrogen-bond donors (Lipinski definition) is 1. The Labute approximate surface area is 258 Å². The van der Waals surface area contributed by atoms with Crippen molar-refractivity contribution in [2.45, 2.75) is 56.1 Å². The van der Waals surface area contributed by atoms with Crippen LogP contribution in [-0.2, 0) is 23.1 Å². The van der Waals surface area contributed by atoms with Crippen molar-refractivity contribution in [3.63, 3.8) is 0 Å². The van der Waals surface area contributed by atoms with E-state index in [1.807, 2.05) is 60.7 Å². The van der Waals surface area contributed by atoms with Gasteiger partial charge in [-0.3, -0.25) is 9.78 Å². The standard InChI is InChI=1S/C36H35N3O4S/c40-36(38-33-7-2-1-3-8-33)32-16-14-30(15-17-32)29-12-10-27(11-13-29)25-39(26-28-6-4-22-37-24-28)44(41,42)34-20-18-31(19-21-34)35-9-5-23-43-35/h4-6,9-24,33H,1-3,7-8,25-26H2,(H,38,40). The normalized spacial score (nSPS) is 14.0. The summed E-state index contributed by atoms with van der Waals surface area (Å²) in [4.78, 5) is 17.1. The number of nitrogens with zero attached hydrogens (tertiary/aromatic N) is 2. The second-order valence-electron chi connectivity index (χ2n) is 11.2. The number of rotatable bonds is 10. The third-order valence-corrected chi connectivity index (χ3v) is 9.92. The van der Waals surface area contributed by atoms with E-state index in [2.05, 4.69) is 10.3 Å². The van der Waals surface area contributed by atoms with Crippen LogP contribution < -0.4 is 5.32 Å². The maximum Gasteiger partial charge on any atom is 0.251 e. The molecule has 0 aliphatic heterocycles. The molecular weight excluding hydrogens is 570 g/mol. The summed E-state index contributed by atoms with van der Waals surface area (Å²) in [5.41, 5.74) is 5.10. The molecule has 44 heavy (non-hydrogen) atoms. The Morgan fingerprint density at radius 1 is 0.773 bits per heavy atom. The molecule has 1 N–H and O–H groups in total. The van der Waals surface area contributed by atoms with Crippen molar-refractivity contribution < 1.29 is 17.6 Å². The summed E-state index contributed by atoms with van der Waals surface area (Å²) < 4.78 is 34.7. The van der Waals surface area contributed by atoms with Crippen LogP contribution >= 0.6 is 0 Å². The van der Waals surface area contributed by atoms with E-state index < -0.39 is 10.0 Å². The topological polar surface area (TPSA) is 92.5 Å². The molecule has 1 saturated carbocycles. The molecule has 1 fully saturated rings. The first-order chi connectivity index (χ1) is 21.5. The zero-order chi connectivity index (χ0) is 30.4. The van der Waals surface area contributed by atoms with Gasteiger partial charge in [-0.1, -0.05) is 61.7 Å². The van der Waals surface area contributed by atoms with E-state index in [0.29, 0.717) is 11.3 Å². The number of furan rings is 1. The molecule has 2 heterocycles. The van der Waals surface area contributed by atoms with Gasteiger partial charge in [0.15, 0.2) is 0 Å². The zero-order valence-electron chi connectivity index (χ0n) is 24.4. The van der Waals surface area contributed by atoms with Gasteiger partial charge in [0.1, 0.15) is 5.76 Å². The monoisotopic (exact) mass is 605 g/mol. The fourth-order valence-electron chi connectivity index (χ4n) is 5.64. The molecule has 0 spiro atoms. The number of nitrogens with one attached hydrogen (secondary N) is 1. The average molecular weight is 606 g/mol. The third kappa shape index (κ3) is 6.98. The number of carbonyl (C=O) groups excluding carboxylic acids is 1. The van der Waals surface area contributed by atoms with Gasteiger partial charge in [0, 0.05) is 42.7 Å². The number of hydrogen-bond acceptors (Lipinski definition) is 5. The third-order valence-electron chi connectivity index (χ3n) is 8.11. The second kappa shape index (κ2) is 13.4. The first-order valence-corrected chi connectivity index (χ1v) is 16.4. The zero-order valence-corrected chi connectivity index (χ0v) is 25.2. The summed E-state index contributed by atoms with van der Waals surface area (Å²) >= 11 is 0. The first kappa shape index (κ1) is 29.5. The highest BCUT2D eigenvalue weighted by Crippen LogP contribution is 2.27. The van der Waals surface area contributed by atoms with Crippen LogP contribution in [0.25, 0.3) is 22.5 Å². The van der Waals surface area contributed by atoms with Crippen molar-refractivity contribution in [3.05, 3.63) is 132 Å². The lowest BCUT2D eigenvalue weighted by Gasteiger charge is -2.23. The van der Waals surface area contributed by atoms with Gasteiger partial charge in [-0.05, 0) is 89.7 Å². The maximum absolute atomic E-state index is 13.9. The predicted octanol–water partition coefficient (Wildman–Crippen LogP) is 7.46. The molecule has 1 aliphatic carbocycles. The molecule has 7 nitrogen and oxygen atoms in total. The van der Waals surface area contributed by atoms with E-state index in [1.54, 1.807) is 55.1 Å². The van der Waals surface area contributed by atoms with Gasteiger partial charge in [0.05, 0.1) is 11.2 Å². The Balaban J connectivity index is 1.18. The molecule has 0 saturated heterocycles. The number of amides is 1. The summed E-state index contributed by atoms with van der Waals surface area (Å²) in [7, 11) is -3.83. The molecule has 8 heteroatoms. The average Bonchev–Trinajstić information content (AvgIpc) is 3.61. The lowest BCUT2D eigenvalue weighted by Crippen LogP contribution is -2.36. The summed E-state index contributed by atoms with van der Waals surface area (Å²) in [6.45, 7) is 0.375. The van der Waals surface area contributed by atoms with Crippen LogP contribution in [0.5, 0.6) is 0 Å². The van der Waals surface area contributed by atoms with Gasteiger partial charge in [0.25, 0.3) is 5.91 Å². The first-order valence-electron chi connectivity index (χ1n) is 15.0. The Kier molecular flexibility index (Phi) is 9.00. The van der Waals surface area contributed by atoms with Crippen LogP contribution in [0.4, 0.5) is 0 Å². The summed E-state index contributed by atoms with van der Waals surface area (Å²) in [6, 6.07) is 29.8. The molecule has 0 unspecified atom stereocenters. The highest BCUT2D eigenvalue weighted by molar-refractivity contribution is 7.89. The van der Waals surface area contributed by atoms with E-state index in [4.69, 9.17) is 4.42 Å². The van der Waals surface area contributed by atoms with Crippen molar-refractivity contribution >= 4 is 15.9 Å². The van der Waals surface area contributed by atoms with Crippen LogP contribution in [0, 0.1) is 0 Å². The minimum atomic E-state index is -3.83. The SMILES string of the molecule is O=C(NC1CCCCC1)c1ccc(-c2ccc(CN(Cc3cccnc3)S(=O)(=O)c3ccc(-c4ccco4)cc3)cc2)cc1. The fraction of sp³-hybridized carbons (Fsp3) is 0.222. The Morgan fingerprint density at radius 3 is 2.07 bits per heavy atom. The van der Waals surface area contributed by atoms with Crippen molar-refractivity contribution in [1.82, 2.24) is 14.6 Å². The second-order valence-corrected chi connectivity index (χ2v) is 13.2. The van der Waals surface area contributed by atoms with Gasteiger partial charge in [0.2, 0.25) is 10.0 Å². The van der Waals surface area contributed by atoms with E-state index in [0.717, 1.165) is 40.7 Å². The molecule has 2 aromatic heterocycles. The molecule has 3 aromatic carbocycles. The molecule has 1 aliphatic rings. The minimum absolute atomic E-state index is 0.0238. The highest BCUT2D eigenvalue weighted by atomic mass is 32.2. The summed E-state index contributed by atoms with van der Waals surface area (Å²) in [5.74, 6) is 0.655. The number of sulfonamides is 1. The van der Waals surface area contributed by atoms with Gasteiger partial charge >= 0.3 is 0 Å². The van der Waals surface area contributed by atoms with Crippen molar-refractivity contribution in [2.24, 2.45) is 0 Å². The number of pyridine rings is 1. The fourth-order valence-corrected chi connectivity index (χ4v) is 7.06. The van der Waals surface area contributed by atoms with Crippen LogP contribution in [0.1, 0.15) is 53.6 Å². The Hall–Kier alpha value is -4.53. The van der Waals surface area contributed by atoms with Crippen molar-refractivity contribution in [2.75, 3.05) is 0 Å². The van der Waals surface area contributed by atoms with Gasteiger partial charge in [-0.25, -0.2) is 8.42 Å². The lowest BCUT2D eigenvalue weighted by atomic mass is 9.95. The molecule has 0 atom stereocenters. The number of carbonyl (C=O) groups is 1. The van der Waals surface area contributed by atoms with Crippen molar-refractivity contribution in [3.8, 4) is 22.5 Å². The van der Waals surface area contributed by atoms with E-state index in [9.17, 15) is 13.2 Å². The Morgan fingerprint density at radius 2 is 1.43 bits per heavy atom. The maximum atomic E-state index is 13.9.